The molecular weight excluding hydrogens is 1340 g/mol. The number of carbonyl (C=O) groups excluding carboxylic acids is 13. The van der Waals surface area contributed by atoms with Crippen LogP contribution in [0.1, 0.15) is 189 Å². The minimum Gasteiger partial charge on any atom is -0.459 e. The first-order valence-electron chi connectivity index (χ1n) is 36.3. The van der Waals surface area contributed by atoms with E-state index < -0.39 is 168 Å². The van der Waals surface area contributed by atoms with Crippen molar-refractivity contribution in [1.82, 2.24) is 55.6 Å². The SMILES string of the molecule is C/C=C/C[C@@H](C)[C@@H](OC(C)=O)[C@@H](C(=O)N[C@@H](CC)C(=O)N(C)CC(=O)N(C)[C@@H](CC(C)C)C(=O)SCc1ccccc1)N(C)C(=O)[C@H](C(C)C)N(C)C(=O)[C@H](CC(C)C)N(C)C(=O)[C@H](CC(C)C)N(C)C(=O)[C@@H](C)NC(=O)[C@H](C)NC(=O)[C@H](CC(C)C)N(C)C(=O)[C@@H](NC(=O)OC(C)(C)C)C(C)C. The summed E-state index contributed by atoms with van der Waals surface area (Å²) in [7, 11) is 10.0. The van der Waals surface area contributed by atoms with Gasteiger partial charge in [0.1, 0.15) is 72.1 Å². The van der Waals surface area contributed by atoms with Gasteiger partial charge in [0.25, 0.3) is 0 Å². The Bertz CT molecular complexity index is 3030. The van der Waals surface area contributed by atoms with Crippen LogP contribution in [0.2, 0.25) is 0 Å². The van der Waals surface area contributed by atoms with Crippen molar-refractivity contribution in [2.24, 2.45) is 41.4 Å². The second kappa shape index (κ2) is 43.6. The van der Waals surface area contributed by atoms with E-state index in [-0.39, 0.29) is 60.9 Å². The van der Waals surface area contributed by atoms with Gasteiger partial charge in [0.05, 0.1) is 6.54 Å². The first-order chi connectivity index (χ1) is 47.6. The van der Waals surface area contributed by atoms with Crippen molar-refractivity contribution >= 4 is 88.0 Å². The Morgan fingerprint density at radius 2 is 0.971 bits per heavy atom. The molecular formula is C76H129N11O15S. The van der Waals surface area contributed by atoms with E-state index in [9.17, 15) is 43.2 Å². The first-order valence-corrected chi connectivity index (χ1v) is 37.3. The summed E-state index contributed by atoms with van der Waals surface area (Å²) >= 11 is 1.11. The van der Waals surface area contributed by atoms with Crippen LogP contribution in [0.25, 0.3) is 0 Å². The van der Waals surface area contributed by atoms with Gasteiger partial charge in [-0.3, -0.25) is 57.5 Å². The molecule has 26 nitrogen and oxygen atoms in total. The van der Waals surface area contributed by atoms with Crippen molar-refractivity contribution in [3.63, 3.8) is 0 Å². The molecule has 0 radical (unpaired) electrons. The predicted octanol–water partition coefficient (Wildman–Crippen LogP) is 7.69. The molecule has 0 spiro atoms. The molecule has 0 aliphatic carbocycles. The van der Waals surface area contributed by atoms with E-state index in [1.807, 2.05) is 91.8 Å². The molecule has 1 aromatic rings. The smallest absolute Gasteiger partial charge is 0.408 e. The zero-order valence-corrected chi connectivity index (χ0v) is 68.1. The number of rotatable bonds is 40. The lowest BCUT2D eigenvalue weighted by Gasteiger charge is -2.42. The maximum absolute atomic E-state index is 15.5. The van der Waals surface area contributed by atoms with Gasteiger partial charge in [0.15, 0.2) is 0 Å². The largest absolute Gasteiger partial charge is 0.459 e. The molecule has 103 heavy (non-hydrogen) atoms. The lowest BCUT2D eigenvalue weighted by molar-refractivity contribution is -0.164. The number of esters is 1. The number of allylic oxidation sites excluding steroid dienone is 2. The van der Waals surface area contributed by atoms with Crippen LogP contribution in [-0.2, 0) is 72.8 Å². The summed E-state index contributed by atoms with van der Waals surface area (Å²) in [5, 5.41) is 10.6. The summed E-state index contributed by atoms with van der Waals surface area (Å²) in [6, 6.07) is -2.53. The normalized spacial score (nSPS) is 15.3. The Labute approximate surface area is 619 Å². The van der Waals surface area contributed by atoms with E-state index in [0.29, 0.717) is 12.2 Å². The van der Waals surface area contributed by atoms with Crippen molar-refractivity contribution in [3.05, 3.63) is 48.0 Å². The molecule has 0 unspecified atom stereocenters. The summed E-state index contributed by atoms with van der Waals surface area (Å²) in [6.07, 6.45) is 2.58. The van der Waals surface area contributed by atoms with Gasteiger partial charge in [-0.15, -0.1) is 0 Å². The molecule has 584 valence electrons. The van der Waals surface area contributed by atoms with Crippen molar-refractivity contribution in [2.45, 2.75) is 262 Å². The van der Waals surface area contributed by atoms with Gasteiger partial charge in [-0.25, -0.2) is 4.79 Å². The molecule has 4 N–H and O–H groups in total. The third-order valence-electron chi connectivity index (χ3n) is 17.9. The van der Waals surface area contributed by atoms with Gasteiger partial charge < -0.3 is 65.0 Å². The van der Waals surface area contributed by atoms with Crippen LogP contribution in [0.3, 0.4) is 0 Å². The molecule has 1 rings (SSSR count). The van der Waals surface area contributed by atoms with Gasteiger partial charge in [-0.2, -0.15) is 0 Å². The maximum Gasteiger partial charge on any atom is 0.408 e. The molecule has 0 aliphatic rings. The van der Waals surface area contributed by atoms with E-state index >= 15 is 19.2 Å². The zero-order valence-electron chi connectivity index (χ0n) is 67.3. The number of nitrogens with zero attached hydrogens (tertiary/aromatic N) is 7. The van der Waals surface area contributed by atoms with Crippen LogP contribution in [0, 0.1) is 41.4 Å². The fourth-order valence-electron chi connectivity index (χ4n) is 12.0. The molecule has 27 heteroatoms. The Morgan fingerprint density at radius 1 is 0.505 bits per heavy atom. The maximum atomic E-state index is 15.5. The summed E-state index contributed by atoms with van der Waals surface area (Å²) in [5.41, 5.74) is 0.109. The molecule has 0 heterocycles. The van der Waals surface area contributed by atoms with Gasteiger partial charge in [-0.1, -0.05) is 151 Å². The van der Waals surface area contributed by atoms with E-state index in [4.69, 9.17) is 9.47 Å². The number of benzene rings is 1. The number of carbonyl (C=O) groups is 13. The molecule has 0 saturated carbocycles. The van der Waals surface area contributed by atoms with Crippen molar-refractivity contribution < 1.29 is 71.8 Å². The minimum atomic E-state index is -1.61. The first kappa shape index (κ1) is 93.4. The summed E-state index contributed by atoms with van der Waals surface area (Å²) in [6.45, 7) is 35.8. The number of thioether (sulfide) groups is 1. The number of hydrogen-bond donors (Lipinski definition) is 4. The molecule has 0 aromatic heterocycles. The number of likely N-dealkylation sites (N-methyl/N-ethyl adjacent to an activating group) is 7. The highest BCUT2D eigenvalue weighted by atomic mass is 32.2. The van der Waals surface area contributed by atoms with Crippen LogP contribution in [0.5, 0.6) is 0 Å². The number of hydrogen-bond acceptors (Lipinski definition) is 16. The second-order valence-electron chi connectivity index (χ2n) is 30.9. The fourth-order valence-corrected chi connectivity index (χ4v) is 13.0. The van der Waals surface area contributed by atoms with E-state index in [1.54, 1.807) is 75.3 Å². The topological polar surface area (TPSA) is 311 Å². The van der Waals surface area contributed by atoms with E-state index in [2.05, 4.69) is 21.3 Å². The second-order valence-corrected chi connectivity index (χ2v) is 31.9. The Kier molecular flexibility index (Phi) is 39.6. The van der Waals surface area contributed by atoms with Gasteiger partial charge in [0.2, 0.25) is 64.2 Å². The van der Waals surface area contributed by atoms with Crippen molar-refractivity contribution in [1.29, 1.82) is 0 Å². The van der Waals surface area contributed by atoms with Crippen LogP contribution < -0.4 is 21.3 Å². The van der Waals surface area contributed by atoms with Gasteiger partial charge >= 0.3 is 12.1 Å². The molecule has 11 amide bonds. The lowest BCUT2D eigenvalue weighted by atomic mass is 9.91. The predicted molar refractivity (Wildman–Crippen MR) is 402 cm³/mol. The Balaban J connectivity index is 3.74. The van der Waals surface area contributed by atoms with E-state index in [1.165, 1.54) is 99.5 Å². The number of nitrogens with one attached hydrogen (secondary N) is 4. The highest BCUT2D eigenvalue weighted by Gasteiger charge is 2.47. The summed E-state index contributed by atoms with van der Waals surface area (Å²) in [5.74, 6) is -9.11. The monoisotopic (exact) mass is 1470 g/mol. The van der Waals surface area contributed by atoms with Gasteiger partial charge in [-0.05, 0) is 127 Å². The van der Waals surface area contributed by atoms with E-state index in [0.717, 1.165) is 22.2 Å². The van der Waals surface area contributed by atoms with Crippen molar-refractivity contribution in [2.75, 3.05) is 55.9 Å². The minimum absolute atomic E-state index is 0.0254. The van der Waals surface area contributed by atoms with Crippen LogP contribution >= 0.6 is 11.8 Å². The third-order valence-corrected chi connectivity index (χ3v) is 18.9. The highest BCUT2D eigenvalue weighted by molar-refractivity contribution is 8.13. The molecule has 0 fully saturated rings. The standard InChI is InChI=1S/C76H129N11O15S/c1-29-31-35-50(15)64(101-53(18)88)63(67(92)79-55(30-2)69(94)81(22)42-60(89)82(23)59(41-47(9)10)74(99)103-43-54-36-33-32-34-37-54)87(28)73(98)62(49(13)14)86(27)71(96)58(40-46(7)8)85(26)70(95)57(39-45(5)6)84(25)68(93)52(17)78-65(90)51(16)77-66(91)56(38-44(3)4)83(24)72(97)61(48(11)12)80-75(100)102-76(19,20)21/h29,31-34,36-37,44-52,55-59,61-64H,30,35,38-43H2,1-28H3,(H,77,91)(H,78,90)(H,79,92)(H,80,100)/b31-29+/t50-,51+,52-,55+,56+,57+,58+,59+,61+,62+,63+,64-/m1/s1. The molecule has 0 bridgehead atoms. The van der Waals surface area contributed by atoms with Crippen LogP contribution in [0.4, 0.5) is 4.79 Å². The van der Waals surface area contributed by atoms with Crippen LogP contribution in [-0.4, -0.2) is 239 Å². The zero-order chi connectivity index (χ0) is 79.6. The summed E-state index contributed by atoms with van der Waals surface area (Å²) < 4.78 is 11.4. The van der Waals surface area contributed by atoms with Crippen molar-refractivity contribution in [3.8, 4) is 0 Å². The fraction of sp³-hybridized carbons (Fsp3) is 0.724. The molecule has 0 aliphatic heterocycles. The summed E-state index contributed by atoms with van der Waals surface area (Å²) in [4.78, 5) is 194. The molecule has 12 atom stereocenters. The van der Waals surface area contributed by atoms with Crippen LogP contribution in [0.15, 0.2) is 42.5 Å². The lowest BCUT2D eigenvalue weighted by Crippen LogP contribution is -2.64. The Morgan fingerprint density at radius 3 is 1.44 bits per heavy atom. The molecule has 0 saturated heterocycles. The average Bonchev–Trinajstić information content (AvgIpc) is 0.795. The van der Waals surface area contributed by atoms with Gasteiger partial charge in [0, 0.05) is 62.0 Å². The number of alkyl carbamates (subject to hydrolysis) is 1. The third kappa shape index (κ3) is 29.8. The molecule has 1 aromatic carbocycles. The highest BCUT2D eigenvalue weighted by Crippen LogP contribution is 2.28. The number of amides is 11. The number of ether oxygens (including phenoxy) is 2. The average molecular weight is 1470 g/mol. The quantitative estimate of drug-likeness (QED) is 0.0361. The Hall–Kier alpha value is -7.58.